The number of fused-ring (bicyclic) bond motifs is 4. The molecule has 1 aliphatic carbocycles. The highest BCUT2D eigenvalue weighted by atomic mass is 16.5. The molecule has 1 saturated heterocycles. The standard InChI is InChI=1S/C21H26N4O2/c1-15-13-16(15)20(26)23-10-7-21(14-23)18-6-4-9-24(18)19-17(5-3-8-22-19)25(21)11-12-27-2/h3-6,8-9,15-16H,7,10-14H2,1-2H3/t15-,16-,21-/m1/s1. The fraction of sp³-hybridized carbons (Fsp3) is 0.524. The zero-order valence-electron chi connectivity index (χ0n) is 16.0. The molecule has 2 aliphatic heterocycles. The Morgan fingerprint density at radius 1 is 1.37 bits per heavy atom. The number of nitrogens with zero attached hydrogens (tertiary/aromatic N) is 4. The van der Waals surface area contributed by atoms with Crippen molar-refractivity contribution in [1.29, 1.82) is 0 Å². The van der Waals surface area contributed by atoms with Crippen molar-refractivity contribution in [3.05, 3.63) is 42.4 Å². The van der Waals surface area contributed by atoms with Crippen LogP contribution in [0.4, 0.5) is 5.69 Å². The zero-order chi connectivity index (χ0) is 18.6. The van der Waals surface area contributed by atoms with Gasteiger partial charge in [-0.15, -0.1) is 0 Å². The van der Waals surface area contributed by atoms with Gasteiger partial charge in [-0.05, 0) is 43.0 Å². The van der Waals surface area contributed by atoms with E-state index in [1.54, 1.807) is 7.11 Å². The number of ether oxygens (including phenoxy) is 1. The van der Waals surface area contributed by atoms with Crippen LogP contribution in [-0.2, 0) is 15.1 Å². The van der Waals surface area contributed by atoms with E-state index >= 15 is 0 Å². The molecule has 0 bridgehead atoms. The van der Waals surface area contributed by atoms with Crippen molar-refractivity contribution in [2.45, 2.75) is 25.3 Å². The summed E-state index contributed by atoms with van der Waals surface area (Å²) in [4.78, 5) is 22.1. The van der Waals surface area contributed by atoms with Gasteiger partial charge in [0, 0.05) is 45.1 Å². The average molecular weight is 366 g/mol. The van der Waals surface area contributed by atoms with E-state index in [-0.39, 0.29) is 11.5 Å². The normalized spacial score (nSPS) is 28.4. The Morgan fingerprint density at radius 3 is 3.00 bits per heavy atom. The number of carbonyl (C=O) groups excluding carboxylic acids is 1. The Morgan fingerprint density at radius 2 is 2.22 bits per heavy atom. The van der Waals surface area contributed by atoms with Gasteiger partial charge in [0.25, 0.3) is 0 Å². The van der Waals surface area contributed by atoms with E-state index in [0.29, 0.717) is 18.4 Å². The summed E-state index contributed by atoms with van der Waals surface area (Å²) < 4.78 is 7.62. The molecule has 1 amide bonds. The van der Waals surface area contributed by atoms with Crippen LogP contribution >= 0.6 is 0 Å². The molecule has 142 valence electrons. The number of likely N-dealkylation sites (tertiary alicyclic amines) is 1. The van der Waals surface area contributed by atoms with E-state index in [1.807, 2.05) is 12.3 Å². The molecule has 3 atom stereocenters. The van der Waals surface area contributed by atoms with Crippen LogP contribution in [0.2, 0.25) is 0 Å². The van der Waals surface area contributed by atoms with Crippen LogP contribution in [0.15, 0.2) is 36.7 Å². The molecule has 6 nitrogen and oxygen atoms in total. The maximum atomic E-state index is 12.9. The molecule has 1 saturated carbocycles. The maximum absolute atomic E-state index is 12.9. The molecular formula is C21H26N4O2. The summed E-state index contributed by atoms with van der Waals surface area (Å²) in [6, 6.07) is 8.40. The van der Waals surface area contributed by atoms with Crippen LogP contribution in [0.25, 0.3) is 5.82 Å². The lowest BCUT2D eigenvalue weighted by Crippen LogP contribution is -2.53. The van der Waals surface area contributed by atoms with Crippen molar-refractivity contribution >= 4 is 11.6 Å². The Labute approximate surface area is 159 Å². The van der Waals surface area contributed by atoms with E-state index in [0.717, 1.165) is 44.0 Å². The molecule has 0 radical (unpaired) electrons. The van der Waals surface area contributed by atoms with Crippen molar-refractivity contribution in [2.24, 2.45) is 11.8 Å². The Kier molecular flexibility index (Phi) is 3.79. The number of amides is 1. The summed E-state index contributed by atoms with van der Waals surface area (Å²) in [6.07, 6.45) is 5.90. The second kappa shape index (κ2) is 6.09. The maximum Gasteiger partial charge on any atom is 0.226 e. The summed E-state index contributed by atoms with van der Waals surface area (Å²) in [5, 5.41) is 0. The third-order valence-electron chi connectivity index (χ3n) is 6.53. The average Bonchev–Trinajstić information content (AvgIpc) is 3.09. The SMILES string of the molecule is COCCN1c2cccnc2-n2cccc2[C@]12CCN(C(=O)[C@@H]1C[C@H]1C)C2. The van der Waals surface area contributed by atoms with E-state index in [2.05, 4.69) is 50.7 Å². The third kappa shape index (κ3) is 2.42. The quantitative estimate of drug-likeness (QED) is 0.834. The van der Waals surface area contributed by atoms with Crippen LogP contribution in [-0.4, -0.2) is 53.7 Å². The molecule has 6 heteroatoms. The van der Waals surface area contributed by atoms with Crippen molar-refractivity contribution in [3.8, 4) is 5.82 Å². The Bertz CT molecular complexity index is 879. The van der Waals surface area contributed by atoms with E-state index in [4.69, 9.17) is 4.74 Å². The first-order valence-electron chi connectivity index (χ1n) is 9.84. The van der Waals surface area contributed by atoms with Gasteiger partial charge >= 0.3 is 0 Å². The minimum absolute atomic E-state index is 0.216. The number of pyridine rings is 1. The predicted molar refractivity (Wildman–Crippen MR) is 103 cm³/mol. The summed E-state index contributed by atoms with van der Waals surface area (Å²) in [5.74, 6) is 2.07. The monoisotopic (exact) mass is 366 g/mol. The number of anilines is 1. The van der Waals surface area contributed by atoms with Crippen LogP contribution in [0.1, 0.15) is 25.5 Å². The number of carbonyl (C=O) groups is 1. The van der Waals surface area contributed by atoms with Crippen molar-refractivity contribution in [1.82, 2.24) is 14.5 Å². The first kappa shape index (κ1) is 16.8. The lowest BCUT2D eigenvalue weighted by atomic mass is 9.89. The second-order valence-electron chi connectivity index (χ2n) is 8.11. The number of hydrogen-bond donors (Lipinski definition) is 0. The lowest BCUT2D eigenvalue weighted by molar-refractivity contribution is -0.132. The largest absolute Gasteiger partial charge is 0.383 e. The fourth-order valence-corrected chi connectivity index (χ4v) is 4.93. The lowest BCUT2D eigenvalue weighted by Gasteiger charge is -2.47. The number of methoxy groups -OCH3 is 1. The van der Waals surface area contributed by atoms with Crippen LogP contribution in [0, 0.1) is 11.8 Å². The summed E-state index contributed by atoms with van der Waals surface area (Å²) in [7, 11) is 1.74. The molecule has 3 aliphatic rings. The van der Waals surface area contributed by atoms with Crippen molar-refractivity contribution in [2.75, 3.05) is 38.3 Å². The molecule has 2 aromatic heterocycles. The molecule has 27 heavy (non-hydrogen) atoms. The van der Waals surface area contributed by atoms with E-state index in [1.165, 1.54) is 5.69 Å². The molecule has 4 heterocycles. The van der Waals surface area contributed by atoms with Gasteiger partial charge in [0.15, 0.2) is 5.82 Å². The Balaban J connectivity index is 1.57. The number of rotatable bonds is 4. The number of aromatic nitrogens is 2. The predicted octanol–water partition coefficient (Wildman–Crippen LogP) is 2.42. The molecule has 0 unspecified atom stereocenters. The summed E-state index contributed by atoms with van der Waals surface area (Å²) >= 11 is 0. The van der Waals surface area contributed by atoms with E-state index in [9.17, 15) is 4.79 Å². The highest BCUT2D eigenvalue weighted by Gasteiger charge is 2.52. The molecule has 5 rings (SSSR count). The van der Waals surface area contributed by atoms with Gasteiger partial charge in [-0.1, -0.05) is 6.92 Å². The summed E-state index contributed by atoms with van der Waals surface area (Å²) in [5.41, 5.74) is 2.13. The highest BCUT2D eigenvalue weighted by Crippen LogP contribution is 2.48. The van der Waals surface area contributed by atoms with Gasteiger partial charge in [0.05, 0.1) is 18.0 Å². The molecule has 0 N–H and O–H groups in total. The molecule has 2 aromatic rings. The van der Waals surface area contributed by atoms with E-state index < -0.39 is 0 Å². The zero-order valence-corrected chi connectivity index (χ0v) is 16.0. The van der Waals surface area contributed by atoms with Gasteiger partial charge in [-0.2, -0.15) is 0 Å². The van der Waals surface area contributed by atoms with Crippen LogP contribution in [0.3, 0.4) is 0 Å². The molecule has 0 aromatic carbocycles. The van der Waals surface area contributed by atoms with Crippen molar-refractivity contribution in [3.63, 3.8) is 0 Å². The van der Waals surface area contributed by atoms with Crippen LogP contribution < -0.4 is 4.90 Å². The van der Waals surface area contributed by atoms with Gasteiger partial charge in [0.2, 0.25) is 5.91 Å². The van der Waals surface area contributed by atoms with Gasteiger partial charge in [0.1, 0.15) is 5.54 Å². The minimum Gasteiger partial charge on any atom is -0.383 e. The minimum atomic E-state index is -0.216. The molecule has 1 spiro atoms. The molecule has 2 fully saturated rings. The topological polar surface area (TPSA) is 50.6 Å². The van der Waals surface area contributed by atoms with Crippen LogP contribution in [0.5, 0.6) is 0 Å². The Hall–Kier alpha value is -2.34. The third-order valence-corrected chi connectivity index (χ3v) is 6.53. The van der Waals surface area contributed by atoms with Gasteiger partial charge < -0.3 is 19.1 Å². The fourth-order valence-electron chi connectivity index (χ4n) is 4.93. The number of hydrogen-bond acceptors (Lipinski definition) is 4. The summed E-state index contributed by atoms with van der Waals surface area (Å²) in [6.45, 7) is 5.14. The first-order valence-corrected chi connectivity index (χ1v) is 9.84. The van der Waals surface area contributed by atoms with Gasteiger partial charge in [-0.25, -0.2) is 4.98 Å². The molecular weight excluding hydrogens is 340 g/mol. The van der Waals surface area contributed by atoms with Gasteiger partial charge in [-0.3, -0.25) is 4.79 Å². The first-order chi connectivity index (χ1) is 13.2. The highest BCUT2D eigenvalue weighted by molar-refractivity contribution is 5.82. The second-order valence-corrected chi connectivity index (χ2v) is 8.11. The smallest absolute Gasteiger partial charge is 0.226 e. The van der Waals surface area contributed by atoms with Crippen molar-refractivity contribution < 1.29 is 9.53 Å².